The molecule has 20 heavy (non-hydrogen) atoms. The third-order valence-corrected chi connectivity index (χ3v) is 4.70. The van der Waals surface area contributed by atoms with Gasteiger partial charge in [-0.05, 0) is 67.7 Å². The summed E-state index contributed by atoms with van der Waals surface area (Å²) in [5, 5.41) is 3.68. The zero-order valence-electron chi connectivity index (χ0n) is 13.1. The summed E-state index contributed by atoms with van der Waals surface area (Å²) in [6.45, 7) is 7.96. The maximum absolute atomic E-state index is 13.1. The molecule has 1 N–H and O–H groups in total. The molecule has 2 heteroatoms. The molecular formula is C18H28FN. The molecule has 0 aliphatic heterocycles. The molecular weight excluding hydrogens is 249 g/mol. The molecule has 1 fully saturated rings. The van der Waals surface area contributed by atoms with Crippen molar-refractivity contribution in [2.24, 2.45) is 11.3 Å². The number of rotatable bonds is 5. The maximum Gasteiger partial charge on any atom is 0.123 e. The minimum absolute atomic E-state index is 0.146. The Labute approximate surface area is 123 Å². The minimum Gasteiger partial charge on any atom is -0.310 e. The van der Waals surface area contributed by atoms with Gasteiger partial charge in [0.15, 0.2) is 0 Å². The fourth-order valence-electron chi connectivity index (χ4n) is 3.28. The third-order valence-electron chi connectivity index (χ3n) is 4.70. The van der Waals surface area contributed by atoms with Crippen LogP contribution in [-0.4, -0.2) is 6.54 Å². The first-order valence-corrected chi connectivity index (χ1v) is 8.01. The van der Waals surface area contributed by atoms with Crippen LogP contribution >= 0.6 is 0 Å². The number of hydrogen-bond acceptors (Lipinski definition) is 1. The van der Waals surface area contributed by atoms with E-state index in [2.05, 4.69) is 26.1 Å². The molecule has 0 aromatic heterocycles. The normalized spacial score (nSPS) is 20.8. The average molecular weight is 277 g/mol. The van der Waals surface area contributed by atoms with Gasteiger partial charge in [-0.1, -0.05) is 32.9 Å². The zero-order chi connectivity index (χ0) is 14.6. The lowest BCUT2D eigenvalue weighted by Crippen LogP contribution is -2.33. The van der Waals surface area contributed by atoms with Crippen LogP contribution in [-0.2, 0) is 0 Å². The van der Waals surface area contributed by atoms with E-state index < -0.39 is 0 Å². The molecule has 1 atom stereocenters. The standard InChI is InChI=1S/C18H28FN/c1-4-13-20-17(14-5-7-16(19)8-6-14)15-9-11-18(2,3)12-10-15/h5-8,15,17,20H,4,9-13H2,1-3H3. The predicted octanol–water partition coefficient (Wildman–Crippen LogP) is 5.08. The van der Waals surface area contributed by atoms with Gasteiger partial charge in [0.25, 0.3) is 0 Å². The third kappa shape index (κ3) is 4.05. The smallest absolute Gasteiger partial charge is 0.123 e. The Hall–Kier alpha value is -0.890. The van der Waals surface area contributed by atoms with Gasteiger partial charge in [-0.15, -0.1) is 0 Å². The molecule has 1 nitrogen and oxygen atoms in total. The van der Waals surface area contributed by atoms with Gasteiger partial charge in [0, 0.05) is 6.04 Å². The van der Waals surface area contributed by atoms with Crippen molar-refractivity contribution in [3.63, 3.8) is 0 Å². The van der Waals surface area contributed by atoms with Gasteiger partial charge >= 0.3 is 0 Å². The molecule has 0 bridgehead atoms. The van der Waals surface area contributed by atoms with E-state index in [1.165, 1.54) is 31.2 Å². The number of hydrogen-bond donors (Lipinski definition) is 1. The molecule has 112 valence electrons. The van der Waals surface area contributed by atoms with Crippen molar-refractivity contribution >= 4 is 0 Å². The van der Waals surface area contributed by atoms with E-state index in [0.717, 1.165) is 13.0 Å². The summed E-state index contributed by atoms with van der Waals surface area (Å²) < 4.78 is 13.1. The fourth-order valence-corrected chi connectivity index (χ4v) is 3.28. The molecule has 1 aromatic rings. The van der Waals surface area contributed by atoms with Crippen LogP contribution in [0.3, 0.4) is 0 Å². The lowest BCUT2D eigenvalue weighted by molar-refractivity contribution is 0.161. The Balaban J connectivity index is 2.09. The number of benzene rings is 1. The van der Waals surface area contributed by atoms with Crippen molar-refractivity contribution in [1.82, 2.24) is 5.32 Å². The average Bonchev–Trinajstić information content (AvgIpc) is 2.42. The first kappa shape index (κ1) is 15.5. The van der Waals surface area contributed by atoms with Gasteiger partial charge in [-0.25, -0.2) is 4.39 Å². The van der Waals surface area contributed by atoms with Gasteiger partial charge in [-0.3, -0.25) is 0 Å². The summed E-state index contributed by atoms with van der Waals surface area (Å²) in [6.07, 6.45) is 6.26. The van der Waals surface area contributed by atoms with E-state index in [1.54, 1.807) is 12.1 Å². The van der Waals surface area contributed by atoms with E-state index in [9.17, 15) is 4.39 Å². The highest BCUT2D eigenvalue weighted by atomic mass is 19.1. The summed E-state index contributed by atoms with van der Waals surface area (Å²) >= 11 is 0. The molecule has 0 spiro atoms. The monoisotopic (exact) mass is 277 g/mol. The summed E-state index contributed by atoms with van der Waals surface area (Å²) in [7, 11) is 0. The molecule has 0 amide bonds. The van der Waals surface area contributed by atoms with Crippen LogP contribution in [0.25, 0.3) is 0 Å². The van der Waals surface area contributed by atoms with Crippen LogP contribution in [0.5, 0.6) is 0 Å². The van der Waals surface area contributed by atoms with Crippen LogP contribution < -0.4 is 5.32 Å². The van der Waals surface area contributed by atoms with Crippen LogP contribution in [0.2, 0.25) is 0 Å². The highest BCUT2D eigenvalue weighted by Crippen LogP contribution is 2.42. The Kier molecular flexibility index (Phi) is 5.20. The van der Waals surface area contributed by atoms with Crippen molar-refractivity contribution in [2.75, 3.05) is 6.54 Å². The van der Waals surface area contributed by atoms with Gasteiger partial charge in [0.2, 0.25) is 0 Å². The van der Waals surface area contributed by atoms with E-state index in [4.69, 9.17) is 0 Å². The molecule has 1 unspecified atom stereocenters. The first-order chi connectivity index (χ1) is 9.52. The lowest BCUT2D eigenvalue weighted by atomic mass is 9.70. The molecule has 1 saturated carbocycles. The van der Waals surface area contributed by atoms with Crippen molar-refractivity contribution in [3.05, 3.63) is 35.6 Å². The fraction of sp³-hybridized carbons (Fsp3) is 0.667. The topological polar surface area (TPSA) is 12.0 Å². The quantitative estimate of drug-likeness (QED) is 0.791. The summed E-state index contributed by atoms with van der Waals surface area (Å²) in [5.41, 5.74) is 1.73. The van der Waals surface area contributed by atoms with Gasteiger partial charge in [0.05, 0.1) is 0 Å². The highest BCUT2D eigenvalue weighted by Gasteiger charge is 2.31. The van der Waals surface area contributed by atoms with Crippen molar-refractivity contribution < 1.29 is 4.39 Å². The van der Waals surface area contributed by atoms with Crippen molar-refractivity contribution in [3.8, 4) is 0 Å². The molecule has 1 aliphatic rings. The first-order valence-electron chi connectivity index (χ1n) is 8.01. The van der Waals surface area contributed by atoms with Gasteiger partial charge in [0.1, 0.15) is 5.82 Å². The Bertz CT molecular complexity index is 400. The molecule has 0 heterocycles. The lowest BCUT2D eigenvalue weighted by Gasteiger charge is -2.38. The van der Waals surface area contributed by atoms with E-state index in [1.807, 2.05) is 12.1 Å². The van der Waals surface area contributed by atoms with Crippen LogP contribution in [0.4, 0.5) is 4.39 Å². The number of nitrogens with one attached hydrogen (secondary N) is 1. The Morgan fingerprint density at radius 1 is 1.20 bits per heavy atom. The molecule has 0 saturated heterocycles. The maximum atomic E-state index is 13.1. The number of halogens is 1. The van der Waals surface area contributed by atoms with Crippen molar-refractivity contribution in [2.45, 2.75) is 58.9 Å². The van der Waals surface area contributed by atoms with E-state index in [0.29, 0.717) is 17.4 Å². The predicted molar refractivity (Wildman–Crippen MR) is 83.2 cm³/mol. The van der Waals surface area contributed by atoms with Crippen LogP contribution in [0.15, 0.2) is 24.3 Å². The summed E-state index contributed by atoms with van der Waals surface area (Å²) in [5.74, 6) is 0.535. The Morgan fingerprint density at radius 2 is 1.80 bits per heavy atom. The zero-order valence-corrected chi connectivity index (χ0v) is 13.1. The SMILES string of the molecule is CCCNC(c1ccc(F)cc1)C1CCC(C)(C)CC1. The van der Waals surface area contributed by atoms with E-state index in [-0.39, 0.29) is 5.82 Å². The second-order valence-corrected chi connectivity index (χ2v) is 6.98. The molecule has 1 aromatic carbocycles. The minimum atomic E-state index is -0.146. The van der Waals surface area contributed by atoms with Crippen LogP contribution in [0.1, 0.15) is 64.5 Å². The highest BCUT2D eigenvalue weighted by molar-refractivity contribution is 5.21. The van der Waals surface area contributed by atoms with Gasteiger partial charge < -0.3 is 5.32 Å². The van der Waals surface area contributed by atoms with Gasteiger partial charge in [-0.2, -0.15) is 0 Å². The second kappa shape index (κ2) is 6.71. The summed E-state index contributed by atoms with van der Waals surface area (Å²) in [6, 6.07) is 7.45. The second-order valence-electron chi connectivity index (χ2n) is 6.98. The largest absolute Gasteiger partial charge is 0.310 e. The Morgan fingerprint density at radius 3 is 2.35 bits per heavy atom. The van der Waals surface area contributed by atoms with E-state index >= 15 is 0 Å². The molecule has 1 aliphatic carbocycles. The van der Waals surface area contributed by atoms with Crippen molar-refractivity contribution in [1.29, 1.82) is 0 Å². The molecule has 2 rings (SSSR count). The summed E-state index contributed by atoms with van der Waals surface area (Å²) in [4.78, 5) is 0. The molecule has 0 radical (unpaired) electrons. The van der Waals surface area contributed by atoms with Crippen LogP contribution in [0, 0.1) is 17.2 Å².